The minimum Gasteiger partial charge on any atom is -0.497 e. The van der Waals surface area contributed by atoms with Crippen molar-refractivity contribution in [2.45, 2.75) is 18.1 Å². The van der Waals surface area contributed by atoms with Crippen molar-refractivity contribution in [2.24, 2.45) is 0 Å². The summed E-state index contributed by atoms with van der Waals surface area (Å²) in [5.41, 5.74) is 3.51. The van der Waals surface area contributed by atoms with Gasteiger partial charge in [-0.05, 0) is 48.4 Å². The molecule has 0 saturated carbocycles. The van der Waals surface area contributed by atoms with Crippen molar-refractivity contribution in [2.75, 3.05) is 19.0 Å². The van der Waals surface area contributed by atoms with Crippen LogP contribution in [0.5, 0.6) is 11.5 Å². The van der Waals surface area contributed by atoms with Gasteiger partial charge in [0.25, 0.3) is 11.8 Å². The average Bonchev–Trinajstić information content (AvgIpc) is 3.37. The number of fused-ring (bicyclic) bond motifs is 6. The zero-order chi connectivity index (χ0) is 21.2. The van der Waals surface area contributed by atoms with Crippen molar-refractivity contribution in [3.63, 3.8) is 0 Å². The normalized spacial score (nSPS) is 22.4. The summed E-state index contributed by atoms with van der Waals surface area (Å²) < 4.78 is 11.8. The number of hydrogen-bond acceptors (Lipinski definition) is 5. The molecular weight excluding hydrogens is 392 g/mol. The van der Waals surface area contributed by atoms with E-state index in [9.17, 15) is 9.59 Å². The second kappa shape index (κ2) is 6.35. The first-order chi connectivity index (χ1) is 15.1. The predicted octanol–water partition coefficient (Wildman–Crippen LogP) is 3.81. The Labute approximate surface area is 179 Å². The van der Waals surface area contributed by atoms with E-state index in [4.69, 9.17) is 9.47 Å². The van der Waals surface area contributed by atoms with Gasteiger partial charge in [0.2, 0.25) is 0 Å². The maximum absolute atomic E-state index is 12.9. The molecule has 6 heteroatoms. The molecule has 0 aromatic heterocycles. The third-order valence-corrected chi connectivity index (χ3v) is 6.66. The number of amides is 2. The number of rotatable bonds is 4. The summed E-state index contributed by atoms with van der Waals surface area (Å²) in [6.45, 7) is 0.291. The number of nitrogens with zero attached hydrogens (tertiary/aromatic N) is 1. The van der Waals surface area contributed by atoms with E-state index >= 15 is 0 Å². The number of anilines is 1. The van der Waals surface area contributed by atoms with Crippen molar-refractivity contribution < 1.29 is 19.1 Å². The molecule has 1 unspecified atom stereocenters. The Morgan fingerprint density at radius 3 is 2.42 bits per heavy atom. The summed E-state index contributed by atoms with van der Waals surface area (Å²) in [7, 11) is 1.64. The van der Waals surface area contributed by atoms with Gasteiger partial charge in [-0.2, -0.15) is 0 Å². The molecular formula is C25H20N2O4. The van der Waals surface area contributed by atoms with Crippen molar-refractivity contribution >= 4 is 17.5 Å². The summed E-state index contributed by atoms with van der Waals surface area (Å²) in [5.74, 6) is 1.05. The van der Waals surface area contributed by atoms with E-state index in [2.05, 4.69) is 11.4 Å². The lowest BCUT2D eigenvalue weighted by Crippen LogP contribution is -2.42. The quantitative estimate of drug-likeness (QED) is 0.660. The number of imide groups is 1. The highest BCUT2D eigenvalue weighted by Crippen LogP contribution is 2.56. The molecule has 3 aliphatic heterocycles. The lowest BCUT2D eigenvalue weighted by atomic mass is 9.73. The summed E-state index contributed by atoms with van der Waals surface area (Å²) in [5, 5.41) is 3.49. The van der Waals surface area contributed by atoms with Crippen LogP contribution in [0.4, 0.5) is 5.69 Å². The molecule has 3 heterocycles. The first kappa shape index (κ1) is 18.0. The monoisotopic (exact) mass is 412 g/mol. The van der Waals surface area contributed by atoms with Crippen molar-refractivity contribution in [3.8, 4) is 11.5 Å². The highest BCUT2D eigenvalue weighted by Gasteiger charge is 2.56. The number of methoxy groups -OCH3 is 1. The molecule has 1 N–H and O–H groups in total. The average molecular weight is 412 g/mol. The second-order valence-electron chi connectivity index (χ2n) is 8.08. The maximum atomic E-state index is 12.9. The van der Waals surface area contributed by atoms with Crippen LogP contribution in [0.2, 0.25) is 0 Å². The number of nitrogens with one attached hydrogen (secondary N) is 1. The van der Waals surface area contributed by atoms with Crippen LogP contribution in [0.3, 0.4) is 0 Å². The van der Waals surface area contributed by atoms with E-state index in [1.807, 2.05) is 36.4 Å². The van der Waals surface area contributed by atoms with E-state index < -0.39 is 5.41 Å². The van der Waals surface area contributed by atoms with Crippen molar-refractivity contribution in [1.29, 1.82) is 0 Å². The molecule has 3 aliphatic rings. The van der Waals surface area contributed by atoms with E-state index in [1.54, 1.807) is 31.4 Å². The van der Waals surface area contributed by atoms with Gasteiger partial charge in [-0.3, -0.25) is 14.5 Å². The third-order valence-electron chi connectivity index (χ3n) is 6.66. The predicted molar refractivity (Wildman–Crippen MR) is 115 cm³/mol. The molecule has 31 heavy (non-hydrogen) atoms. The molecule has 0 saturated heterocycles. The van der Waals surface area contributed by atoms with Crippen LogP contribution in [-0.2, 0) is 5.41 Å². The Bertz CT molecular complexity index is 1220. The van der Waals surface area contributed by atoms with Crippen LogP contribution >= 0.6 is 0 Å². The fourth-order valence-electron chi connectivity index (χ4n) is 5.17. The molecule has 6 nitrogen and oxygen atoms in total. The number of para-hydroxylation sites is 1. The van der Waals surface area contributed by atoms with Gasteiger partial charge in [-0.15, -0.1) is 0 Å². The molecule has 0 bridgehead atoms. The molecule has 6 rings (SSSR count). The summed E-state index contributed by atoms with van der Waals surface area (Å²) in [6, 6.07) is 20.9. The smallest absolute Gasteiger partial charge is 0.261 e. The zero-order valence-electron chi connectivity index (χ0n) is 16.9. The van der Waals surface area contributed by atoms with E-state index in [0.29, 0.717) is 24.1 Å². The molecule has 3 aromatic carbocycles. The number of hydrogen-bond donors (Lipinski definition) is 1. The fraction of sp³-hybridized carbons (Fsp3) is 0.200. The molecule has 2 atom stereocenters. The van der Waals surface area contributed by atoms with Gasteiger partial charge in [-0.25, -0.2) is 0 Å². The number of ether oxygens (including phenoxy) is 2. The molecule has 154 valence electrons. The van der Waals surface area contributed by atoms with Gasteiger partial charge < -0.3 is 14.8 Å². The molecule has 0 spiro atoms. The van der Waals surface area contributed by atoms with Gasteiger partial charge in [0, 0.05) is 17.8 Å². The Morgan fingerprint density at radius 1 is 0.968 bits per heavy atom. The van der Waals surface area contributed by atoms with E-state index in [1.165, 1.54) is 4.90 Å². The summed E-state index contributed by atoms with van der Waals surface area (Å²) >= 11 is 0. The van der Waals surface area contributed by atoms with E-state index in [-0.39, 0.29) is 18.0 Å². The molecule has 2 amide bonds. The number of carbonyl (C=O) groups is 2. The van der Waals surface area contributed by atoms with Gasteiger partial charge in [0.05, 0.1) is 23.7 Å². The largest absolute Gasteiger partial charge is 0.497 e. The lowest BCUT2D eigenvalue weighted by molar-refractivity contribution is 0.0636. The van der Waals surface area contributed by atoms with Crippen molar-refractivity contribution in [3.05, 3.63) is 89.0 Å². The van der Waals surface area contributed by atoms with Gasteiger partial charge in [0.15, 0.2) is 6.23 Å². The number of carbonyl (C=O) groups excluding carboxylic acids is 2. The molecule has 0 fully saturated rings. The zero-order valence-corrected chi connectivity index (χ0v) is 16.9. The van der Waals surface area contributed by atoms with Crippen molar-refractivity contribution in [1.82, 2.24) is 4.90 Å². The lowest BCUT2D eigenvalue weighted by Gasteiger charge is -2.30. The topological polar surface area (TPSA) is 67.9 Å². The van der Waals surface area contributed by atoms with Crippen LogP contribution in [0.25, 0.3) is 0 Å². The summed E-state index contributed by atoms with van der Waals surface area (Å²) in [6.07, 6.45) is 0.218. The molecule has 0 radical (unpaired) electrons. The summed E-state index contributed by atoms with van der Waals surface area (Å²) in [4.78, 5) is 27.2. The van der Waals surface area contributed by atoms with Crippen LogP contribution in [0.1, 0.15) is 38.3 Å². The van der Waals surface area contributed by atoms with Gasteiger partial charge >= 0.3 is 0 Å². The molecule has 0 aliphatic carbocycles. The second-order valence-corrected chi connectivity index (χ2v) is 8.08. The van der Waals surface area contributed by atoms with Crippen LogP contribution < -0.4 is 14.8 Å². The highest BCUT2D eigenvalue weighted by molar-refractivity contribution is 6.21. The Morgan fingerprint density at radius 2 is 1.68 bits per heavy atom. The van der Waals surface area contributed by atoms with Gasteiger partial charge in [0.1, 0.15) is 11.5 Å². The minimum atomic E-state index is -0.532. The van der Waals surface area contributed by atoms with Gasteiger partial charge in [-0.1, -0.05) is 30.3 Å². The maximum Gasteiger partial charge on any atom is 0.261 e. The first-order valence-corrected chi connectivity index (χ1v) is 10.3. The minimum absolute atomic E-state index is 0.238. The van der Waals surface area contributed by atoms with E-state index in [0.717, 1.165) is 28.3 Å². The van der Waals surface area contributed by atoms with Crippen LogP contribution in [-0.4, -0.2) is 36.6 Å². The Kier molecular flexibility index (Phi) is 3.69. The standard InChI is InChI=1S/C25H20N2O4/c1-30-15-10-11-21-19(14-15)25(18-8-4-5-9-20(18)26-24(25)31-21)12-13-27-22(28)16-6-2-3-7-17(16)23(27)29/h2-11,14,24,26H,12-13H2,1H3/t24-,25?/m1/s1. The Balaban J connectivity index is 1.42. The van der Waals surface area contributed by atoms with Crippen LogP contribution in [0, 0.1) is 0 Å². The number of benzene rings is 3. The fourth-order valence-corrected chi connectivity index (χ4v) is 5.17. The highest BCUT2D eigenvalue weighted by atomic mass is 16.5. The molecule has 3 aromatic rings. The first-order valence-electron chi connectivity index (χ1n) is 10.3. The Hall–Kier alpha value is -3.80. The van der Waals surface area contributed by atoms with Crippen LogP contribution in [0.15, 0.2) is 66.7 Å². The third kappa shape index (κ3) is 2.33. The SMILES string of the molecule is COc1ccc2c(c1)C1(CCN3C(=O)c4ccccc4C3=O)c3ccccc3N[C@@H]1O2.